The number of piperazine rings is 1. The number of anilines is 1. The number of hydrogen-bond donors (Lipinski definition) is 1. The minimum absolute atomic E-state index is 0. The molecule has 2 aliphatic heterocycles. The Morgan fingerprint density at radius 2 is 1.86 bits per heavy atom. The molecule has 0 spiro atoms. The molecule has 192 valence electrons. The number of benzene rings is 1. The molecular formula is C27H39Cl2N5O. The van der Waals surface area contributed by atoms with E-state index in [1.54, 1.807) is 12.3 Å². The van der Waals surface area contributed by atoms with Crippen LogP contribution in [-0.2, 0) is 6.54 Å². The van der Waals surface area contributed by atoms with E-state index >= 15 is 0 Å². The number of nitrogens with zero attached hydrogens (tertiary/aromatic N) is 4. The van der Waals surface area contributed by atoms with Gasteiger partial charge in [-0.25, -0.2) is 4.98 Å². The number of rotatable bonds is 7. The van der Waals surface area contributed by atoms with Gasteiger partial charge >= 0.3 is 0 Å². The third kappa shape index (κ3) is 6.29. The minimum atomic E-state index is -0.139. The van der Waals surface area contributed by atoms with Crippen LogP contribution in [-0.4, -0.2) is 71.5 Å². The number of likely N-dealkylation sites (tertiary alicyclic amines) is 1. The fraction of sp³-hybridized carbons (Fsp3) is 0.556. The Morgan fingerprint density at radius 1 is 1.14 bits per heavy atom. The van der Waals surface area contributed by atoms with Crippen molar-refractivity contribution in [2.24, 2.45) is 0 Å². The lowest BCUT2D eigenvalue weighted by molar-refractivity contribution is 0.0506. The van der Waals surface area contributed by atoms with Crippen molar-refractivity contribution in [3.8, 4) is 0 Å². The molecule has 8 heteroatoms. The highest BCUT2D eigenvalue weighted by molar-refractivity contribution is 6.33. The molecule has 4 rings (SSSR count). The molecule has 0 bridgehead atoms. The van der Waals surface area contributed by atoms with Crippen molar-refractivity contribution in [2.75, 3.05) is 37.6 Å². The molecule has 2 saturated heterocycles. The Labute approximate surface area is 221 Å². The molecule has 0 unspecified atom stereocenters. The molecule has 1 N–H and O–H groups in total. The van der Waals surface area contributed by atoms with E-state index in [0.717, 1.165) is 50.0 Å². The Kier molecular flexibility index (Phi) is 8.92. The monoisotopic (exact) mass is 519 g/mol. The van der Waals surface area contributed by atoms with Gasteiger partial charge in [-0.2, -0.15) is 0 Å². The summed E-state index contributed by atoms with van der Waals surface area (Å²) in [6.45, 7) is 12.1. The van der Waals surface area contributed by atoms with Gasteiger partial charge in [0.05, 0.1) is 10.6 Å². The third-order valence-electron chi connectivity index (χ3n) is 7.39. The van der Waals surface area contributed by atoms with Gasteiger partial charge in [-0.3, -0.25) is 14.6 Å². The Balaban J connectivity index is 0.00000361. The second kappa shape index (κ2) is 11.9. The van der Waals surface area contributed by atoms with Crippen LogP contribution in [0.25, 0.3) is 0 Å². The Bertz CT molecular complexity index is 1000. The summed E-state index contributed by atoms with van der Waals surface area (Å²) in [6.07, 6.45) is 5.11. The van der Waals surface area contributed by atoms with Crippen LogP contribution in [0.15, 0.2) is 36.5 Å². The average molecular weight is 521 g/mol. The van der Waals surface area contributed by atoms with Gasteiger partial charge in [-0.15, -0.1) is 0 Å². The summed E-state index contributed by atoms with van der Waals surface area (Å²) in [4.78, 5) is 24.4. The number of nitrogens with one attached hydrogen (secondary N) is 1. The van der Waals surface area contributed by atoms with Crippen molar-refractivity contribution in [3.05, 3.63) is 57.7 Å². The number of hydrogen-bond acceptors (Lipinski definition) is 5. The summed E-state index contributed by atoms with van der Waals surface area (Å²) in [5.41, 5.74) is 1.83. The van der Waals surface area contributed by atoms with E-state index < -0.39 is 0 Å². The molecule has 1 aromatic carbocycles. The average Bonchev–Trinajstić information content (AvgIpc) is 2.86. The molecule has 1 aromatic heterocycles. The molecule has 6 nitrogen and oxygen atoms in total. The number of pyridine rings is 1. The largest absolute Gasteiger partial charge is 0.352 e. The molecule has 0 radical (unpaired) electrons. The maximum atomic E-state index is 12.2. The van der Waals surface area contributed by atoms with E-state index in [9.17, 15) is 4.79 Å². The molecule has 35 heavy (non-hydrogen) atoms. The number of carbonyl (C=O) groups is 1. The maximum absolute atomic E-state index is 12.2. The van der Waals surface area contributed by atoms with Crippen molar-refractivity contribution in [3.63, 3.8) is 0 Å². The van der Waals surface area contributed by atoms with Crippen molar-refractivity contribution in [2.45, 2.75) is 64.7 Å². The highest BCUT2D eigenvalue weighted by Crippen LogP contribution is 2.32. The van der Waals surface area contributed by atoms with Crippen molar-refractivity contribution in [1.29, 1.82) is 0 Å². The molecular weight excluding hydrogens is 481 g/mol. The second-order valence-electron chi connectivity index (χ2n) is 9.78. The van der Waals surface area contributed by atoms with Gasteiger partial charge in [0.15, 0.2) is 0 Å². The minimum Gasteiger partial charge on any atom is -0.352 e. The topological polar surface area (TPSA) is 51.7 Å². The van der Waals surface area contributed by atoms with Crippen molar-refractivity contribution in [1.82, 2.24) is 20.1 Å². The van der Waals surface area contributed by atoms with E-state index in [-0.39, 0.29) is 7.33 Å². The first-order valence-corrected chi connectivity index (χ1v) is 13.6. The van der Waals surface area contributed by atoms with Gasteiger partial charge in [-0.1, -0.05) is 42.3 Å². The summed E-state index contributed by atoms with van der Waals surface area (Å²) in [7, 11) is 0. The van der Waals surface area contributed by atoms with Crippen LogP contribution in [0, 0.1) is 0 Å². The second-order valence-corrected chi connectivity index (χ2v) is 10.6. The molecule has 2 atom stereocenters. The van der Waals surface area contributed by atoms with Crippen LogP contribution in [0.1, 0.15) is 57.4 Å². The summed E-state index contributed by atoms with van der Waals surface area (Å²) in [5.74, 6) is 0.642. The lowest BCUT2D eigenvalue weighted by atomic mass is 9.96. The number of amides is 1. The van der Waals surface area contributed by atoms with E-state index in [1.165, 1.54) is 18.4 Å². The first-order chi connectivity index (χ1) is 16.9. The SMILES string of the molecule is CCNC(=O)c1cnc(N2C[C@H](CC)N(C3CCN(Cc4ccc(Cl)cc4)CC3)C[C@H]2C)c(Cl)c1.[HH]. The predicted molar refractivity (Wildman–Crippen MR) is 147 cm³/mol. The fourth-order valence-corrected chi connectivity index (χ4v) is 5.86. The third-order valence-corrected chi connectivity index (χ3v) is 7.92. The summed E-state index contributed by atoms with van der Waals surface area (Å²) in [6, 6.07) is 11.3. The lowest BCUT2D eigenvalue weighted by Gasteiger charge is -2.50. The smallest absolute Gasteiger partial charge is 0.252 e. The van der Waals surface area contributed by atoms with E-state index in [4.69, 9.17) is 23.2 Å². The zero-order valence-corrected chi connectivity index (χ0v) is 22.5. The highest BCUT2D eigenvalue weighted by atomic mass is 35.5. The predicted octanol–water partition coefficient (Wildman–Crippen LogP) is 5.34. The van der Waals surface area contributed by atoms with Gasteiger partial charge in [0.25, 0.3) is 5.91 Å². The van der Waals surface area contributed by atoms with E-state index in [2.05, 4.69) is 51.0 Å². The zero-order valence-electron chi connectivity index (χ0n) is 21.0. The Hall–Kier alpha value is -1.86. The lowest BCUT2D eigenvalue weighted by Crippen LogP contribution is -2.61. The van der Waals surface area contributed by atoms with Crippen molar-refractivity contribution < 1.29 is 6.22 Å². The number of aromatic nitrogens is 1. The molecule has 0 aliphatic carbocycles. The number of halogens is 2. The molecule has 1 amide bonds. The van der Waals surface area contributed by atoms with Gasteiger partial charge in [0, 0.05) is 57.0 Å². The van der Waals surface area contributed by atoms with Gasteiger partial charge < -0.3 is 10.2 Å². The first kappa shape index (κ1) is 26.2. The van der Waals surface area contributed by atoms with Crippen LogP contribution < -0.4 is 10.2 Å². The van der Waals surface area contributed by atoms with Gasteiger partial charge in [0.1, 0.15) is 5.82 Å². The molecule has 2 aliphatic rings. The van der Waals surface area contributed by atoms with Crippen LogP contribution in [0.4, 0.5) is 5.82 Å². The number of carbonyl (C=O) groups excluding carboxylic acids is 1. The van der Waals surface area contributed by atoms with Crippen molar-refractivity contribution >= 4 is 34.9 Å². The van der Waals surface area contributed by atoms with Crippen LogP contribution in [0.3, 0.4) is 0 Å². The Morgan fingerprint density at radius 3 is 2.49 bits per heavy atom. The zero-order chi connectivity index (χ0) is 24.9. The van der Waals surface area contributed by atoms with Crippen LogP contribution >= 0.6 is 23.2 Å². The quantitative estimate of drug-likeness (QED) is 0.535. The first-order valence-electron chi connectivity index (χ1n) is 12.8. The van der Waals surface area contributed by atoms with Crippen LogP contribution in [0.2, 0.25) is 10.0 Å². The summed E-state index contributed by atoms with van der Waals surface area (Å²) < 4.78 is 0. The highest BCUT2D eigenvalue weighted by Gasteiger charge is 2.37. The number of piperidine rings is 1. The normalized spacial score (nSPS) is 22.4. The molecule has 2 aromatic rings. The van der Waals surface area contributed by atoms with Gasteiger partial charge in [-0.05, 0) is 70.0 Å². The fourth-order valence-electron chi connectivity index (χ4n) is 5.46. The summed E-state index contributed by atoms with van der Waals surface area (Å²) >= 11 is 12.7. The van der Waals surface area contributed by atoms with E-state index in [1.807, 2.05) is 19.1 Å². The standard InChI is InChI=1S/C27H37Cl2N5O.H2/c1-4-23-18-33(26-25(29)14-21(15-31-26)27(35)30-5-2)19(3)16-34(23)24-10-12-32(13-11-24)17-20-6-8-22(28)9-7-20;/h6-9,14-15,19,23-24H,4-5,10-13,16-18H2,1-3H3,(H,30,35);1H/t19-,23+;/m1./s1. The molecule has 0 saturated carbocycles. The molecule has 2 fully saturated rings. The summed E-state index contributed by atoms with van der Waals surface area (Å²) in [5, 5.41) is 4.14. The van der Waals surface area contributed by atoms with Crippen LogP contribution in [0.5, 0.6) is 0 Å². The molecule has 3 heterocycles. The van der Waals surface area contributed by atoms with Gasteiger partial charge in [0.2, 0.25) is 0 Å². The maximum Gasteiger partial charge on any atom is 0.252 e. The van der Waals surface area contributed by atoms with E-state index in [0.29, 0.717) is 35.3 Å².